The Morgan fingerprint density at radius 2 is 1.96 bits per heavy atom. The summed E-state index contributed by atoms with van der Waals surface area (Å²) in [4.78, 5) is 29.8. The normalized spacial score (nSPS) is 10.6. The van der Waals surface area contributed by atoms with Crippen LogP contribution in [0, 0.1) is 6.92 Å². The molecule has 2 heterocycles. The zero-order valence-electron chi connectivity index (χ0n) is 15.4. The van der Waals surface area contributed by atoms with Gasteiger partial charge in [0.2, 0.25) is 0 Å². The second kappa shape index (κ2) is 8.13. The van der Waals surface area contributed by atoms with Gasteiger partial charge in [-0.2, -0.15) is 5.10 Å². The van der Waals surface area contributed by atoms with Crippen LogP contribution in [0.15, 0.2) is 36.4 Å². The number of nitrogens with one attached hydrogen (secondary N) is 1. The zero-order valence-corrected chi connectivity index (χ0v) is 16.2. The number of hydrogen-bond acceptors (Lipinski definition) is 6. The molecule has 0 aliphatic carbocycles. The van der Waals surface area contributed by atoms with E-state index < -0.39 is 5.97 Å². The van der Waals surface area contributed by atoms with Crippen LogP contribution in [0.2, 0.25) is 0 Å². The molecule has 1 N–H and O–H groups in total. The predicted molar refractivity (Wildman–Crippen MR) is 104 cm³/mol. The van der Waals surface area contributed by atoms with E-state index in [1.807, 2.05) is 44.2 Å². The number of anilines is 1. The summed E-state index contributed by atoms with van der Waals surface area (Å²) in [6, 6.07) is 11.1. The summed E-state index contributed by atoms with van der Waals surface area (Å²) in [5.41, 5.74) is 2.49. The molecule has 0 fully saturated rings. The highest BCUT2D eigenvalue weighted by Gasteiger charge is 2.22. The highest BCUT2D eigenvalue weighted by molar-refractivity contribution is 7.18. The molecule has 8 heteroatoms. The average molecular weight is 384 g/mol. The predicted octanol–water partition coefficient (Wildman–Crippen LogP) is 3.76. The molecule has 3 rings (SSSR count). The molecule has 0 aliphatic rings. The van der Waals surface area contributed by atoms with Gasteiger partial charge in [0.1, 0.15) is 10.6 Å². The number of hydrogen-bond donors (Lipinski definition) is 1. The molecule has 0 unspecified atom stereocenters. The molecule has 27 heavy (non-hydrogen) atoms. The Balaban J connectivity index is 1.94. The Bertz CT molecular complexity index is 963. The summed E-state index contributed by atoms with van der Waals surface area (Å²) in [5, 5.41) is 7.39. The number of thiazole rings is 1. The molecule has 0 saturated heterocycles. The van der Waals surface area contributed by atoms with Gasteiger partial charge in [0.15, 0.2) is 5.13 Å². The van der Waals surface area contributed by atoms with E-state index in [1.54, 1.807) is 17.7 Å². The molecule has 0 bridgehead atoms. The van der Waals surface area contributed by atoms with Gasteiger partial charge in [-0.25, -0.2) is 9.78 Å². The van der Waals surface area contributed by atoms with Crippen molar-refractivity contribution in [3.63, 3.8) is 0 Å². The van der Waals surface area contributed by atoms with Crippen molar-refractivity contribution < 1.29 is 14.3 Å². The lowest BCUT2D eigenvalue weighted by molar-refractivity contribution is 0.0532. The van der Waals surface area contributed by atoms with Crippen molar-refractivity contribution in [1.29, 1.82) is 0 Å². The highest BCUT2D eigenvalue weighted by Crippen LogP contribution is 2.32. The number of aromatic nitrogens is 3. The lowest BCUT2D eigenvalue weighted by Gasteiger charge is -2.03. The number of benzene rings is 1. The Morgan fingerprint density at radius 1 is 1.22 bits per heavy atom. The number of nitrogens with zero attached hydrogens (tertiary/aromatic N) is 3. The van der Waals surface area contributed by atoms with Gasteiger partial charge in [-0.3, -0.25) is 14.8 Å². The van der Waals surface area contributed by atoms with Crippen molar-refractivity contribution in [2.24, 2.45) is 0 Å². The monoisotopic (exact) mass is 384 g/mol. The van der Waals surface area contributed by atoms with Gasteiger partial charge in [-0.15, -0.1) is 0 Å². The van der Waals surface area contributed by atoms with Crippen LogP contribution in [0.3, 0.4) is 0 Å². The van der Waals surface area contributed by atoms with Crippen LogP contribution in [-0.4, -0.2) is 33.2 Å². The van der Waals surface area contributed by atoms with E-state index in [0.717, 1.165) is 22.6 Å². The maximum atomic E-state index is 12.6. The number of amides is 1. The van der Waals surface area contributed by atoms with Crippen LogP contribution in [0.1, 0.15) is 39.7 Å². The van der Waals surface area contributed by atoms with E-state index >= 15 is 0 Å². The Morgan fingerprint density at radius 3 is 2.63 bits per heavy atom. The molecule has 1 aromatic carbocycles. The molecule has 7 nitrogen and oxygen atoms in total. The minimum Gasteiger partial charge on any atom is -0.462 e. The molecule has 0 spiro atoms. The summed E-state index contributed by atoms with van der Waals surface area (Å²) in [6.07, 6.45) is 0. The average Bonchev–Trinajstić information content (AvgIpc) is 3.26. The fraction of sp³-hybridized carbons (Fsp3) is 0.263. The summed E-state index contributed by atoms with van der Waals surface area (Å²) in [6.45, 7) is 6.34. The second-order valence-corrected chi connectivity index (χ2v) is 6.72. The summed E-state index contributed by atoms with van der Waals surface area (Å²) in [5.74, 6) is -0.773. The molecular formula is C19H20N4O3S. The van der Waals surface area contributed by atoms with E-state index in [-0.39, 0.29) is 12.5 Å². The number of ether oxygens (including phenoxy) is 1. The highest BCUT2D eigenvalue weighted by atomic mass is 32.1. The minimum absolute atomic E-state index is 0.265. The first-order chi connectivity index (χ1) is 13.0. The van der Waals surface area contributed by atoms with Gasteiger partial charge in [0.05, 0.1) is 18.0 Å². The van der Waals surface area contributed by atoms with Crippen molar-refractivity contribution in [3.8, 4) is 11.3 Å². The van der Waals surface area contributed by atoms with Crippen molar-refractivity contribution in [1.82, 2.24) is 14.8 Å². The molecule has 3 aromatic rings. The van der Waals surface area contributed by atoms with E-state index in [4.69, 9.17) is 4.74 Å². The first kappa shape index (κ1) is 18.8. The SMILES string of the molecule is CCOC(=O)c1sc(NC(=O)c2cc(C)nn2CC)nc1-c1ccccc1. The van der Waals surface area contributed by atoms with E-state index in [0.29, 0.717) is 27.9 Å². The van der Waals surface area contributed by atoms with Crippen molar-refractivity contribution >= 4 is 28.3 Å². The maximum absolute atomic E-state index is 12.6. The third-order valence-electron chi connectivity index (χ3n) is 3.79. The number of esters is 1. The summed E-state index contributed by atoms with van der Waals surface area (Å²) >= 11 is 1.10. The van der Waals surface area contributed by atoms with Crippen LogP contribution in [0.4, 0.5) is 5.13 Å². The van der Waals surface area contributed by atoms with Crippen molar-refractivity contribution in [3.05, 3.63) is 52.7 Å². The van der Waals surface area contributed by atoms with Gasteiger partial charge >= 0.3 is 5.97 Å². The fourth-order valence-corrected chi connectivity index (χ4v) is 3.51. The molecular weight excluding hydrogens is 364 g/mol. The largest absolute Gasteiger partial charge is 0.462 e. The van der Waals surface area contributed by atoms with E-state index in [9.17, 15) is 9.59 Å². The molecule has 1 amide bonds. The summed E-state index contributed by atoms with van der Waals surface area (Å²) in [7, 11) is 0. The lowest BCUT2D eigenvalue weighted by Crippen LogP contribution is -2.17. The van der Waals surface area contributed by atoms with Gasteiger partial charge < -0.3 is 4.74 Å². The van der Waals surface area contributed by atoms with Crippen LogP contribution in [0.25, 0.3) is 11.3 Å². The number of aryl methyl sites for hydroxylation is 2. The van der Waals surface area contributed by atoms with Crippen LogP contribution >= 0.6 is 11.3 Å². The van der Waals surface area contributed by atoms with Crippen LogP contribution < -0.4 is 5.32 Å². The number of rotatable bonds is 6. The van der Waals surface area contributed by atoms with Crippen molar-refractivity contribution in [2.45, 2.75) is 27.3 Å². The number of carbonyl (C=O) groups is 2. The molecule has 2 aromatic heterocycles. The topological polar surface area (TPSA) is 86.1 Å². The third kappa shape index (κ3) is 4.06. The fourth-order valence-electron chi connectivity index (χ4n) is 2.63. The number of carbonyl (C=O) groups excluding carboxylic acids is 2. The molecule has 140 valence electrons. The summed E-state index contributed by atoms with van der Waals surface area (Å²) < 4.78 is 6.77. The second-order valence-electron chi connectivity index (χ2n) is 5.72. The third-order valence-corrected chi connectivity index (χ3v) is 4.74. The molecule has 0 aliphatic heterocycles. The molecule has 0 radical (unpaired) electrons. The lowest BCUT2D eigenvalue weighted by atomic mass is 10.1. The minimum atomic E-state index is -0.455. The van der Waals surface area contributed by atoms with Crippen LogP contribution in [0.5, 0.6) is 0 Å². The van der Waals surface area contributed by atoms with Gasteiger partial charge in [-0.1, -0.05) is 41.7 Å². The Labute approximate surface area is 161 Å². The van der Waals surface area contributed by atoms with Gasteiger partial charge in [0, 0.05) is 12.1 Å². The van der Waals surface area contributed by atoms with Crippen molar-refractivity contribution in [2.75, 3.05) is 11.9 Å². The van der Waals surface area contributed by atoms with Gasteiger partial charge in [-0.05, 0) is 26.8 Å². The molecule has 0 saturated carbocycles. The Hall–Kier alpha value is -3.00. The first-order valence-corrected chi connectivity index (χ1v) is 9.44. The van der Waals surface area contributed by atoms with Gasteiger partial charge in [0.25, 0.3) is 5.91 Å². The standard InChI is InChI=1S/C19H20N4O3S/c1-4-23-14(11-12(3)22-23)17(24)21-19-20-15(13-9-7-6-8-10-13)16(27-19)18(25)26-5-2/h6-11H,4-5H2,1-3H3,(H,20,21,24). The zero-order chi connectivity index (χ0) is 19.4. The smallest absolute Gasteiger partial charge is 0.350 e. The van der Waals surface area contributed by atoms with E-state index in [2.05, 4.69) is 15.4 Å². The Kier molecular flexibility index (Phi) is 5.66. The van der Waals surface area contributed by atoms with Crippen LogP contribution in [-0.2, 0) is 11.3 Å². The molecule has 0 atom stereocenters. The maximum Gasteiger partial charge on any atom is 0.350 e. The van der Waals surface area contributed by atoms with E-state index in [1.165, 1.54) is 0 Å². The first-order valence-electron chi connectivity index (χ1n) is 8.62. The quantitative estimate of drug-likeness (QED) is 0.654.